The first-order valence-corrected chi connectivity index (χ1v) is 12.4. The van der Waals surface area contributed by atoms with Gasteiger partial charge in [-0.05, 0) is 43.2 Å². The van der Waals surface area contributed by atoms with E-state index in [1.165, 1.54) is 18.3 Å². The van der Waals surface area contributed by atoms with Gasteiger partial charge in [-0.1, -0.05) is 23.7 Å². The van der Waals surface area contributed by atoms with E-state index in [-0.39, 0.29) is 46.9 Å². The van der Waals surface area contributed by atoms with Gasteiger partial charge in [-0.3, -0.25) is 9.52 Å². The molecule has 3 rings (SSSR count). The predicted octanol–water partition coefficient (Wildman–Crippen LogP) is 4.39. The van der Waals surface area contributed by atoms with E-state index in [4.69, 9.17) is 16.7 Å². The van der Waals surface area contributed by atoms with Gasteiger partial charge in [-0.2, -0.15) is 4.98 Å². The average Bonchev–Trinajstić information content (AvgIpc) is 2.77. The maximum Gasteiger partial charge on any atom is 0.229 e. The van der Waals surface area contributed by atoms with Gasteiger partial charge in [0.2, 0.25) is 16.0 Å². The van der Waals surface area contributed by atoms with E-state index in [1.807, 2.05) is 0 Å². The molecular formula is C22H23ClFN5O4S. The highest BCUT2D eigenvalue weighted by Crippen LogP contribution is 2.32. The minimum Gasteiger partial charge on any atom is -0.396 e. The van der Waals surface area contributed by atoms with Crippen LogP contribution < -0.4 is 15.4 Å². The number of aliphatic hydroxyl groups is 1. The molecule has 0 unspecified atom stereocenters. The molecule has 0 radical (unpaired) electrons. The summed E-state index contributed by atoms with van der Waals surface area (Å²) in [5, 5.41) is 14.8. The van der Waals surface area contributed by atoms with Crippen molar-refractivity contribution in [3.05, 3.63) is 64.6 Å². The van der Waals surface area contributed by atoms with Crippen molar-refractivity contribution in [3.63, 3.8) is 0 Å². The first-order chi connectivity index (χ1) is 16.1. The van der Waals surface area contributed by atoms with E-state index in [0.717, 1.165) is 12.3 Å². The molecule has 3 aromatic rings. The fourth-order valence-corrected chi connectivity index (χ4v) is 3.81. The molecule has 1 aromatic heterocycles. The van der Waals surface area contributed by atoms with Crippen LogP contribution in [0.25, 0.3) is 0 Å². The number of aliphatic hydroxyl groups excluding tert-OH is 1. The van der Waals surface area contributed by atoms with E-state index in [9.17, 15) is 17.6 Å². The number of nitrogens with one attached hydrogen (secondary N) is 3. The van der Waals surface area contributed by atoms with Crippen LogP contribution in [-0.2, 0) is 10.0 Å². The SMILES string of the molecule is Cc1cccc(Nc2nc(Nc3cc(C(=O)CCCO)ccc3F)ncc2Cl)c1NS(C)(=O)=O. The average molecular weight is 508 g/mol. The van der Waals surface area contributed by atoms with Crippen LogP contribution in [-0.4, -0.2) is 42.1 Å². The van der Waals surface area contributed by atoms with Crippen LogP contribution in [0.3, 0.4) is 0 Å². The number of hydrogen-bond donors (Lipinski definition) is 4. The normalized spacial score (nSPS) is 11.2. The van der Waals surface area contributed by atoms with Crippen LogP contribution in [0, 0.1) is 12.7 Å². The third kappa shape index (κ3) is 6.62. The minimum atomic E-state index is -3.55. The molecule has 34 heavy (non-hydrogen) atoms. The Morgan fingerprint density at radius 3 is 2.65 bits per heavy atom. The summed E-state index contributed by atoms with van der Waals surface area (Å²) in [6, 6.07) is 8.98. The predicted molar refractivity (Wildman–Crippen MR) is 130 cm³/mol. The Hall–Kier alpha value is -3.28. The number of benzene rings is 2. The van der Waals surface area contributed by atoms with E-state index in [2.05, 4.69) is 25.3 Å². The van der Waals surface area contributed by atoms with Gasteiger partial charge in [0.1, 0.15) is 10.8 Å². The van der Waals surface area contributed by atoms with Crippen LogP contribution in [0.15, 0.2) is 42.6 Å². The summed E-state index contributed by atoms with van der Waals surface area (Å²) in [6.45, 7) is 1.62. The molecule has 0 saturated carbocycles. The molecule has 0 spiro atoms. The third-order valence-corrected chi connectivity index (χ3v) is 5.51. The van der Waals surface area contributed by atoms with Crippen molar-refractivity contribution in [2.45, 2.75) is 19.8 Å². The van der Waals surface area contributed by atoms with E-state index in [0.29, 0.717) is 23.4 Å². The van der Waals surface area contributed by atoms with Gasteiger partial charge < -0.3 is 15.7 Å². The molecule has 0 amide bonds. The summed E-state index contributed by atoms with van der Waals surface area (Å²) in [4.78, 5) is 20.5. The number of ketones is 1. The molecular weight excluding hydrogens is 485 g/mol. The van der Waals surface area contributed by atoms with Gasteiger partial charge >= 0.3 is 0 Å². The van der Waals surface area contributed by atoms with Crippen molar-refractivity contribution in [3.8, 4) is 0 Å². The number of nitrogens with zero attached hydrogens (tertiary/aromatic N) is 2. The Kier molecular flexibility index (Phi) is 8.02. The summed E-state index contributed by atoms with van der Waals surface area (Å²) in [5.74, 6) is -0.708. The van der Waals surface area contributed by atoms with Gasteiger partial charge in [0.05, 0.1) is 29.5 Å². The largest absolute Gasteiger partial charge is 0.396 e. The maximum atomic E-state index is 14.4. The number of hydrogen-bond acceptors (Lipinski definition) is 8. The first kappa shape index (κ1) is 25.3. The van der Waals surface area contributed by atoms with Gasteiger partial charge in [0.15, 0.2) is 11.6 Å². The molecule has 0 bridgehead atoms. The second-order valence-corrected chi connectivity index (χ2v) is 9.61. The maximum absolute atomic E-state index is 14.4. The molecule has 12 heteroatoms. The lowest BCUT2D eigenvalue weighted by Crippen LogP contribution is -2.12. The highest BCUT2D eigenvalue weighted by molar-refractivity contribution is 7.92. The second kappa shape index (κ2) is 10.8. The zero-order valence-corrected chi connectivity index (χ0v) is 20.0. The smallest absolute Gasteiger partial charge is 0.229 e. The third-order valence-electron chi connectivity index (χ3n) is 4.65. The number of aryl methyl sites for hydroxylation is 1. The number of sulfonamides is 1. The highest BCUT2D eigenvalue weighted by Gasteiger charge is 2.15. The summed E-state index contributed by atoms with van der Waals surface area (Å²) in [7, 11) is -3.55. The van der Waals surface area contributed by atoms with Gasteiger partial charge in [-0.25, -0.2) is 17.8 Å². The molecule has 0 aliphatic rings. The Bertz CT molecular complexity index is 1320. The lowest BCUT2D eigenvalue weighted by Gasteiger charge is -2.16. The molecule has 180 valence electrons. The van der Waals surface area contributed by atoms with E-state index < -0.39 is 15.8 Å². The van der Waals surface area contributed by atoms with Gasteiger partial charge in [0, 0.05) is 18.6 Å². The molecule has 4 N–H and O–H groups in total. The molecule has 0 atom stereocenters. The quantitative estimate of drug-likeness (QED) is 0.297. The molecule has 9 nitrogen and oxygen atoms in total. The molecule has 0 aliphatic heterocycles. The second-order valence-electron chi connectivity index (χ2n) is 7.46. The van der Waals surface area contributed by atoms with E-state index >= 15 is 0 Å². The first-order valence-electron chi connectivity index (χ1n) is 10.1. The van der Waals surface area contributed by atoms with Crippen molar-refractivity contribution < 1.29 is 22.7 Å². The summed E-state index contributed by atoms with van der Waals surface area (Å²) in [6.07, 6.45) is 2.78. The topological polar surface area (TPSA) is 133 Å². The van der Waals surface area contributed by atoms with Crippen LogP contribution in [0.1, 0.15) is 28.8 Å². The van der Waals surface area contributed by atoms with Crippen LogP contribution in [0.2, 0.25) is 5.02 Å². The number of para-hydroxylation sites is 1. The highest BCUT2D eigenvalue weighted by atomic mass is 35.5. The van der Waals surface area contributed by atoms with Crippen LogP contribution in [0.4, 0.5) is 33.2 Å². The number of halogens is 2. The standard InChI is InChI=1S/C22H23ClFN5O4S/c1-13-5-3-6-17(20(13)29-34(2,32)33)26-21-15(23)12-25-22(28-21)27-18-11-14(8-9-16(18)24)19(31)7-4-10-30/h3,5-6,8-9,11-12,29-30H,4,7,10H2,1-2H3,(H2,25,26,27,28). The van der Waals surface area contributed by atoms with Crippen molar-refractivity contribution in [1.29, 1.82) is 0 Å². The number of anilines is 5. The van der Waals surface area contributed by atoms with Crippen molar-refractivity contribution in [1.82, 2.24) is 9.97 Å². The number of aromatic nitrogens is 2. The van der Waals surface area contributed by atoms with Crippen molar-refractivity contribution in [2.24, 2.45) is 0 Å². The van der Waals surface area contributed by atoms with Gasteiger partial charge in [-0.15, -0.1) is 0 Å². The van der Waals surface area contributed by atoms with Crippen LogP contribution in [0.5, 0.6) is 0 Å². The van der Waals surface area contributed by atoms with Crippen LogP contribution >= 0.6 is 11.6 Å². The summed E-state index contributed by atoms with van der Waals surface area (Å²) in [5.41, 5.74) is 1.66. The number of Topliss-reactive ketones (excluding diaryl/α,β-unsaturated/α-hetero) is 1. The van der Waals surface area contributed by atoms with Crippen molar-refractivity contribution in [2.75, 3.05) is 28.2 Å². The zero-order valence-electron chi connectivity index (χ0n) is 18.4. The number of carbonyl (C=O) groups excluding carboxylic acids is 1. The minimum absolute atomic E-state index is 0.00367. The zero-order chi connectivity index (χ0) is 24.9. The Labute approximate surface area is 201 Å². The fourth-order valence-electron chi connectivity index (χ4n) is 3.03. The lowest BCUT2D eigenvalue weighted by atomic mass is 10.1. The summed E-state index contributed by atoms with van der Waals surface area (Å²) < 4.78 is 40.4. The Balaban J connectivity index is 1.89. The number of rotatable bonds is 10. The fraction of sp³-hybridized carbons (Fsp3) is 0.227. The summed E-state index contributed by atoms with van der Waals surface area (Å²) >= 11 is 6.23. The molecule has 2 aromatic carbocycles. The van der Waals surface area contributed by atoms with E-state index in [1.54, 1.807) is 25.1 Å². The van der Waals surface area contributed by atoms with Gasteiger partial charge in [0.25, 0.3) is 0 Å². The van der Waals surface area contributed by atoms with Crippen molar-refractivity contribution >= 4 is 56.2 Å². The molecule has 0 saturated heterocycles. The Morgan fingerprint density at radius 1 is 1.18 bits per heavy atom. The number of carbonyl (C=O) groups is 1. The Morgan fingerprint density at radius 2 is 1.94 bits per heavy atom. The molecule has 0 fully saturated rings. The lowest BCUT2D eigenvalue weighted by molar-refractivity contribution is 0.0971. The monoisotopic (exact) mass is 507 g/mol. The molecule has 1 heterocycles. The molecule has 0 aliphatic carbocycles.